The number of aryl methyl sites for hydroxylation is 1. The third kappa shape index (κ3) is 7.28. The molecule has 0 atom stereocenters. The van der Waals surface area contributed by atoms with Crippen molar-refractivity contribution in [3.05, 3.63) is 71.5 Å². The van der Waals surface area contributed by atoms with E-state index >= 15 is 0 Å². The van der Waals surface area contributed by atoms with E-state index < -0.39 is 0 Å². The summed E-state index contributed by atoms with van der Waals surface area (Å²) < 4.78 is 5.71. The Bertz CT molecular complexity index is 1090. The number of methoxy groups -OCH3 is 1. The number of hydrogen-bond donors (Lipinski definition) is 3. The van der Waals surface area contributed by atoms with Gasteiger partial charge in [0.15, 0.2) is 17.4 Å². The van der Waals surface area contributed by atoms with E-state index in [0.29, 0.717) is 33.8 Å². The minimum Gasteiger partial charge on any atom is -0.492 e. The van der Waals surface area contributed by atoms with Crippen LogP contribution in [-0.2, 0) is 4.74 Å². The lowest BCUT2D eigenvalue weighted by atomic mass is 10.1. The Morgan fingerprint density at radius 3 is 2.50 bits per heavy atom. The van der Waals surface area contributed by atoms with E-state index in [9.17, 15) is 0 Å². The van der Waals surface area contributed by atoms with Gasteiger partial charge in [-0.25, -0.2) is 4.99 Å². The molecule has 0 fully saturated rings. The summed E-state index contributed by atoms with van der Waals surface area (Å²) >= 11 is 1.83. The normalized spacial score (nSPS) is 13.3. The molecule has 0 aliphatic heterocycles. The highest BCUT2D eigenvalue weighted by atomic mass is 32.2. The molecule has 0 aliphatic carbocycles. The molecular weight excluding hydrogens is 446 g/mol. The zero-order chi connectivity index (χ0) is 25.3. The molecule has 1 aromatic heterocycles. The number of anilines is 2. The Morgan fingerprint density at radius 2 is 2.00 bits per heavy atom. The molecule has 0 aliphatic rings. The molecule has 8 nitrogen and oxygen atoms in total. The summed E-state index contributed by atoms with van der Waals surface area (Å²) in [6, 6.07) is 10.3. The molecule has 0 amide bonds. The summed E-state index contributed by atoms with van der Waals surface area (Å²) in [6.07, 6.45) is 3.06. The van der Waals surface area contributed by atoms with Gasteiger partial charge in [-0.15, -0.1) is 11.8 Å². The molecule has 0 saturated heterocycles. The molecule has 1 aromatic carbocycles. The van der Waals surface area contributed by atoms with E-state index in [1.807, 2.05) is 43.6 Å². The van der Waals surface area contributed by atoms with Gasteiger partial charge >= 0.3 is 0 Å². The first-order chi connectivity index (χ1) is 16.2. The Kier molecular flexibility index (Phi) is 10.0. The second-order valence-corrected chi connectivity index (χ2v) is 9.46. The van der Waals surface area contributed by atoms with Crippen LogP contribution in [0.2, 0.25) is 0 Å². The quantitative estimate of drug-likeness (QED) is 0.143. The van der Waals surface area contributed by atoms with Gasteiger partial charge in [0.05, 0.1) is 7.11 Å². The number of aromatic nitrogens is 2. The lowest BCUT2D eigenvalue weighted by Crippen LogP contribution is -2.24. The maximum Gasteiger partial charge on any atom is 0.176 e. The number of nitrogens with one attached hydrogen (secondary N) is 2. The van der Waals surface area contributed by atoms with Gasteiger partial charge in [0.2, 0.25) is 0 Å². The molecule has 2 rings (SSSR count). The summed E-state index contributed by atoms with van der Waals surface area (Å²) in [5, 5.41) is 11.0. The van der Waals surface area contributed by atoms with Gasteiger partial charge in [0.25, 0.3) is 0 Å². The monoisotopic (exact) mass is 481 g/mol. The van der Waals surface area contributed by atoms with Crippen molar-refractivity contribution in [2.24, 2.45) is 15.7 Å². The molecule has 2 aromatic rings. The fourth-order valence-corrected chi connectivity index (χ4v) is 3.88. The fraction of sp³-hybridized carbons (Fsp3) is 0.320. The zero-order valence-electron chi connectivity index (χ0n) is 21.0. The van der Waals surface area contributed by atoms with Crippen LogP contribution in [0.15, 0.2) is 80.7 Å². The molecule has 0 radical (unpaired) electrons. The molecule has 1 heterocycles. The predicted molar refractivity (Wildman–Crippen MR) is 146 cm³/mol. The Balaban J connectivity index is 2.48. The van der Waals surface area contributed by atoms with Crippen molar-refractivity contribution in [1.82, 2.24) is 10.2 Å². The smallest absolute Gasteiger partial charge is 0.176 e. The summed E-state index contributed by atoms with van der Waals surface area (Å²) in [6.45, 7) is 12.4. The summed E-state index contributed by atoms with van der Waals surface area (Å²) in [7, 11) is 5.20. The summed E-state index contributed by atoms with van der Waals surface area (Å²) in [5.74, 6) is 2.21. The van der Waals surface area contributed by atoms with Gasteiger partial charge in [0, 0.05) is 65.2 Å². The van der Waals surface area contributed by atoms with Crippen LogP contribution in [0.3, 0.4) is 0 Å². The second-order valence-electron chi connectivity index (χ2n) is 7.81. The van der Waals surface area contributed by atoms with Crippen molar-refractivity contribution in [2.75, 3.05) is 31.4 Å². The Labute approximate surface area is 206 Å². The first-order valence-corrected chi connectivity index (χ1v) is 11.7. The Hall–Kier alpha value is -3.46. The van der Waals surface area contributed by atoms with E-state index in [0.717, 1.165) is 17.2 Å². The summed E-state index contributed by atoms with van der Waals surface area (Å²) in [5.41, 5.74) is 8.89. The lowest BCUT2D eigenvalue weighted by molar-refractivity contribution is 0.298. The molecule has 182 valence electrons. The standard InChI is InChI=1S/C25H35N7OS/c1-16(2)34-22-11-9-21(10-12-22)32(7)19(5)28-25(29-23-13-17(3)30-31-23)24(33-8)18(4)20(14-26)15-27-6/h9-16H,4,26H2,1-3,5-8H3,(H2,29,30,31)/b20-14+,25-24-,27-15?,28-19+. The van der Waals surface area contributed by atoms with Gasteiger partial charge < -0.3 is 20.7 Å². The Morgan fingerprint density at radius 1 is 1.32 bits per heavy atom. The van der Waals surface area contributed by atoms with Crippen molar-refractivity contribution in [3.8, 4) is 0 Å². The first-order valence-electron chi connectivity index (χ1n) is 10.9. The van der Waals surface area contributed by atoms with Crippen LogP contribution in [0.1, 0.15) is 26.5 Å². The fourth-order valence-electron chi connectivity index (χ4n) is 3.04. The predicted octanol–water partition coefficient (Wildman–Crippen LogP) is 5.10. The molecule has 0 unspecified atom stereocenters. The number of aromatic amines is 1. The number of aliphatic imine (C=N–C) groups is 2. The minimum absolute atomic E-state index is 0.425. The minimum atomic E-state index is 0.425. The highest BCUT2D eigenvalue weighted by Gasteiger charge is 2.17. The molecule has 9 heteroatoms. The average molecular weight is 482 g/mol. The van der Waals surface area contributed by atoms with E-state index in [1.54, 1.807) is 20.4 Å². The molecular formula is C25H35N7OS. The number of hydrogen-bond acceptors (Lipinski definition) is 7. The largest absolute Gasteiger partial charge is 0.492 e. The highest BCUT2D eigenvalue weighted by molar-refractivity contribution is 7.99. The molecule has 0 saturated carbocycles. The maximum atomic E-state index is 5.80. The number of nitrogens with two attached hydrogens (primary N) is 1. The van der Waals surface area contributed by atoms with E-state index in [4.69, 9.17) is 15.5 Å². The van der Waals surface area contributed by atoms with Crippen LogP contribution >= 0.6 is 11.8 Å². The van der Waals surface area contributed by atoms with Crippen molar-refractivity contribution >= 4 is 35.3 Å². The topological polar surface area (TPSA) is 104 Å². The average Bonchev–Trinajstić information content (AvgIpc) is 3.21. The van der Waals surface area contributed by atoms with E-state index in [-0.39, 0.29) is 0 Å². The number of allylic oxidation sites excluding steroid dienone is 1. The van der Waals surface area contributed by atoms with Crippen LogP contribution in [0.25, 0.3) is 0 Å². The number of H-pyrrole nitrogens is 1. The SMILES string of the molecule is C=C(/C(C=NC)=C/N)/C(OC)=C(\N=C(/C)N(C)c1ccc(SC(C)C)cc1)Nc1cc(C)[nH]n1. The highest BCUT2D eigenvalue weighted by Crippen LogP contribution is 2.26. The second kappa shape index (κ2) is 12.7. The zero-order valence-corrected chi connectivity index (χ0v) is 21.8. The lowest BCUT2D eigenvalue weighted by Gasteiger charge is -2.21. The van der Waals surface area contributed by atoms with Gasteiger partial charge in [-0.2, -0.15) is 5.10 Å². The van der Waals surface area contributed by atoms with Crippen LogP contribution < -0.4 is 16.0 Å². The number of amidine groups is 1. The third-order valence-electron chi connectivity index (χ3n) is 4.80. The first kappa shape index (κ1) is 26.8. The number of rotatable bonds is 10. The molecule has 4 N–H and O–H groups in total. The van der Waals surface area contributed by atoms with Gasteiger partial charge in [-0.05, 0) is 38.1 Å². The molecule has 34 heavy (non-hydrogen) atoms. The van der Waals surface area contributed by atoms with Crippen molar-refractivity contribution in [3.63, 3.8) is 0 Å². The van der Waals surface area contributed by atoms with Gasteiger partial charge in [-0.1, -0.05) is 20.4 Å². The van der Waals surface area contributed by atoms with Crippen molar-refractivity contribution in [2.45, 2.75) is 37.8 Å². The number of ether oxygens (including phenoxy) is 1. The number of benzene rings is 1. The maximum absolute atomic E-state index is 5.80. The number of thioether (sulfide) groups is 1. The van der Waals surface area contributed by atoms with Gasteiger partial charge in [-0.3, -0.25) is 10.1 Å². The van der Waals surface area contributed by atoms with E-state index in [2.05, 4.69) is 65.2 Å². The van der Waals surface area contributed by atoms with Crippen LogP contribution in [0.4, 0.5) is 11.5 Å². The van der Waals surface area contributed by atoms with Crippen molar-refractivity contribution in [1.29, 1.82) is 0 Å². The summed E-state index contributed by atoms with van der Waals surface area (Å²) in [4.78, 5) is 12.1. The van der Waals surface area contributed by atoms with Crippen molar-refractivity contribution < 1.29 is 4.74 Å². The van der Waals surface area contributed by atoms with Crippen LogP contribution in [0, 0.1) is 6.92 Å². The van der Waals surface area contributed by atoms with Crippen LogP contribution in [0.5, 0.6) is 0 Å². The van der Waals surface area contributed by atoms with Crippen LogP contribution in [-0.4, -0.2) is 48.7 Å². The van der Waals surface area contributed by atoms with Gasteiger partial charge in [0.1, 0.15) is 5.84 Å². The molecule has 0 spiro atoms. The van der Waals surface area contributed by atoms with E-state index in [1.165, 1.54) is 11.1 Å². The number of nitrogens with zero attached hydrogens (tertiary/aromatic N) is 4. The molecule has 0 bridgehead atoms. The third-order valence-corrected chi connectivity index (χ3v) is 5.81.